The van der Waals surface area contributed by atoms with Crippen LogP contribution in [0.15, 0.2) is 51.8 Å². The fourth-order valence-electron chi connectivity index (χ4n) is 2.84. The van der Waals surface area contributed by atoms with Gasteiger partial charge in [-0.05, 0) is 68.7 Å². The van der Waals surface area contributed by atoms with Gasteiger partial charge in [-0.15, -0.1) is 0 Å². The summed E-state index contributed by atoms with van der Waals surface area (Å²) in [4.78, 5) is 0.255. The molecule has 0 aliphatic heterocycles. The van der Waals surface area contributed by atoms with Crippen LogP contribution < -0.4 is 4.72 Å². The van der Waals surface area contributed by atoms with Crippen LogP contribution >= 0.6 is 15.9 Å². The van der Waals surface area contributed by atoms with Gasteiger partial charge in [0.1, 0.15) is 0 Å². The molecule has 0 saturated carbocycles. The zero-order valence-electron chi connectivity index (χ0n) is 15.7. The van der Waals surface area contributed by atoms with Crippen LogP contribution in [0.4, 0.5) is 5.69 Å². The molecular formula is C20H22BrN3O2S. The van der Waals surface area contributed by atoms with Crippen LogP contribution in [-0.4, -0.2) is 18.2 Å². The maximum Gasteiger partial charge on any atom is 0.262 e. The van der Waals surface area contributed by atoms with Crippen LogP contribution in [0.1, 0.15) is 28.1 Å². The van der Waals surface area contributed by atoms with Crippen molar-refractivity contribution in [3.63, 3.8) is 0 Å². The molecular weight excluding hydrogens is 426 g/mol. The summed E-state index contributed by atoms with van der Waals surface area (Å²) in [7, 11) is -3.67. The van der Waals surface area contributed by atoms with Crippen molar-refractivity contribution in [2.45, 2.75) is 39.1 Å². The minimum atomic E-state index is -3.67. The van der Waals surface area contributed by atoms with Crippen molar-refractivity contribution in [1.29, 1.82) is 0 Å². The van der Waals surface area contributed by atoms with E-state index in [9.17, 15) is 8.42 Å². The largest absolute Gasteiger partial charge is 0.276 e. The number of hydrogen-bond acceptors (Lipinski definition) is 3. The number of aryl methyl sites for hydroxylation is 3. The maximum absolute atomic E-state index is 12.8. The smallest absolute Gasteiger partial charge is 0.262 e. The number of aromatic nitrogens is 2. The molecule has 0 amide bonds. The van der Waals surface area contributed by atoms with Gasteiger partial charge in [-0.1, -0.05) is 34.1 Å². The van der Waals surface area contributed by atoms with Gasteiger partial charge in [0.2, 0.25) is 0 Å². The SMILES string of the molecule is Cc1ccc(S(=O)(=O)Nc2c(C)nn(Cc3ccc(Br)cc3)c2C)cc1C. The molecule has 3 aromatic rings. The molecule has 0 aliphatic carbocycles. The van der Waals surface area contributed by atoms with E-state index in [0.717, 1.165) is 26.9 Å². The van der Waals surface area contributed by atoms with Gasteiger partial charge >= 0.3 is 0 Å². The number of sulfonamides is 1. The van der Waals surface area contributed by atoms with Crippen molar-refractivity contribution in [2.75, 3.05) is 4.72 Å². The Morgan fingerprint density at radius 2 is 1.67 bits per heavy atom. The van der Waals surface area contributed by atoms with Crippen molar-refractivity contribution >= 4 is 31.6 Å². The normalized spacial score (nSPS) is 11.6. The number of hydrogen-bond donors (Lipinski definition) is 1. The Hall–Kier alpha value is -2.12. The summed E-state index contributed by atoms with van der Waals surface area (Å²) in [5.74, 6) is 0. The number of nitrogens with one attached hydrogen (secondary N) is 1. The van der Waals surface area contributed by atoms with Gasteiger partial charge in [0, 0.05) is 4.47 Å². The molecule has 2 aromatic carbocycles. The first-order valence-corrected chi connectivity index (χ1v) is 10.8. The molecule has 0 unspecified atom stereocenters. The standard InChI is InChI=1S/C20H22BrN3O2S/c1-13-5-10-19(11-14(13)2)27(25,26)23-20-15(3)22-24(16(20)4)12-17-6-8-18(21)9-7-17/h5-11,23H,12H2,1-4H3. The second-order valence-electron chi connectivity index (χ2n) is 6.68. The Morgan fingerprint density at radius 1 is 1.00 bits per heavy atom. The number of benzene rings is 2. The molecule has 142 valence electrons. The van der Waals surface area contributed by atoms with Crippen LogP contribution in [-0.2, 0) is 16.6 Å². The quantitative estimate of drug-likeness (QED) is 0.614. The fourth-order valence-corrected chi connectivity index (χ4v) is 4.36. The summed E-state index contributed by atoms with van der Waals surface area (Å²) in [6, 6.07) is 13.1. The molecule has 1 aromatic heterocycles. The lowest BCUT2D eigenvalue weighted by molar-refractivity contribution is 0.601. The summed E-state index contributed by atoms with van der Waals surface area (Å²) in [6.45, 7) is 8.12. The third-order valence-electron chi connectivity index (χ3n) is 4.65. The molecule has 7 heteroatoms. The highest BCUT2D eigenvalue weighted by Crippen LogP contribution is 2.25. The first-order chi connectivity index (χ1) is 12.7. The van der Waals surface area contributed by atoms with E-state index in [0.29, 0.717) is 17.9 Å². The van der Waals surface area contributed by atoms with Gasteiger partial charge in [-0.3, -0.25) is 9.40 Å². The first-order valence-electron chi connectivity index (χ1n) is 8.56. The van der Waals surface area contributed by atoms with Gasteiger partial charge < -0.3 is 0 Å². The minimum Gasteiger partial charge on any atom is -0.276 e. The van der Waals surface area contributed by atoms with Crippen molar-refractivity contribution in [2.24, 2.45) is 0 Å². The monoisotopic (exact) mass is 447 g/mol. The van der Waals surface area contributed by atoms with E-state index in [1.165, 1.54) is 0 Å². The van der Waals surface area contributed by atoms with Crippen LogP contribution in [0, 0.1) is 27.7 Å². The van der Waals surface area contributed by atoms with Gasteiger partial charge in [-0.25, -0.2) is 8.42 Å². The van der Waals surface area contributed by atoms with Crippen molar-refractivity contribution in [3.8, 4) is 0 Å². The highest BCUT2D eigenvalue weighted by atomic mass is 79.9. The summed E-state index contributed by atoms with van der Waals surface area (Å²) in [5, 5.41) is 4.52. The van der Waals surface area contributed by atoms with E-state index in [1.54, 1.807) is 12.1 Å². The molecule has 0 aliphatic rings. The Balaban J connectivity index is 1.89. The van der Waals surface area contributed by atoms with Crippen LogP contribution in [0.5, 0.6) is 0 Å². The maximum atomic E-state index is 12.8. The lowest BCUT2D eigenvalue weighted by atomic mass is 10.1. The number of rotatable bonds is 5. The topological polar surface area (TPSA) is 64.0 Å². The molecule has 27 heavy (non-hydrogen) atoms. The van der Waals surface area contributed by atoms with Gasteiger partial charge in [0.15, 0.2) is 0 Å². The number of halogens is 1. The average Bonchev–Trinajstić information content (AvgIpc) is 2.86. The van der Waals surface area contributed by atoms with Crippen molar-refractivity contribution < 1.29 is 8.42 Å². The predicted molar refractivity (Wildman–Crippen MR) is 112 cm³/mol. The molecule has 1 heterocycles. The molecule has 5 nitrogen and oxygen atoms in total. The molecule has 0 spiro atoms. The average molecular weight is 448 g/mol. The third-order valence-corrected chi connectivity index (χ3v) is 6.53. The summed E-state index contributed by atoms with van der Waals surface area (Å²) >= 11 is 3.43. The molecule has 0 atom stereocenters. The van der Waals surface area contributed by atoms with Crippen LogP contribution in [0.3, 0.4) is 0 Å². The molecule has 3 rings (SSSR count). The number of anilines is 1. The first kappa shape index (κ1) is 19.6. The summed E-state index contributed by atoms with van der Waals surface area (Å²) < 4.78 is 31.2. The second-order valence-corrected chi connectivity index (χ2v) is 9.28. The molecule has 0 saturated heterocycles. The molecule has 0 bridgehead atoms. The predicted octanol–water partition coefficient (Wildman–Crippen LogP) is 4.73. The third kappa shape index (κ3) is 4.25. The Bertz CT molecular complexity index is 1090. The molecule has 0 fully saturated rings. The van der Waals surface area contributed by atoms with Gasteiger partial charge in [0.05, 0.1) is 28.5 Å². The van der Waals surface area contributed by atoms with Crippen LogP contribution in [0.2, 0.25) is 0 Å². The minimum absolute atomic E-state index is 0.255. The highest BCUT2D eigenvalue weighted by Gasteiger charge is 2.20. The fraction of sp³-hybridized carbons (Fsp3) is 0.250. The van der Waals surface area contributed by atoms with Crippen LogP contribution in [0.25, 0.3) is 0 Å². The summed E-state index contributed by atoms with van der Waals surface area (Å²) in [6.07, 6.45) is 0. The second kappa shape index (κ2) is 7.48. The van der Waals surface area contributed by atoms with Crippen molar-refractivity contribution in [1.82, 2.24) is 9.78 Å². The molecule has 1 N–H and O–H groups in total. The number of nitrogens with zero attached hydrogens (tertiary/aromatic N) is 2. The highest BCUT2D eigenvalue weighted by molar-refractivity contribution is 9.10. The van der Waals surface area contributed by atoms with Gasteiger partial charge in [0.25, 0.3) is 10.0 Å². The van der Waals surface area contributed by atoms with E-state index in [4.69, 9.17) is 0 Å². The summed E-state index contributed by atoms with van der Waals surface area (Å²) in [5.41, 5.74) is 5.05. The lowest BCUT2D eigenvalue weighted by Crippen LogP contribution is -2.14. The van der Waals surface area contributed by atoms with E-state index >= 15 is 0 Å². The van der Waals surface area contributed by atoms with E-state index in [1.807, 2.05) is 62.7 Å². The molecule has 0 radical (unpaired) electrons. The zero-order chi connectivity index (χ0) is 19.8. The Labute approximate surface area is 168 Å². The van der Waals surface area contributed by atoms with Gasteiger partial charge in [-0.2, -0.15) is 5.10 Å². The zero-order valence-corrected chi connectivity index (χ0v) is 18.1. The lowest BCUT2D eigenvalue weighted by Gasteiger charge is -2.11. The van der Waals surface area contributed by atoms with E-state index < -0.39 is 10.0 Å². The Kier molecular flexibility index (Phi) is 5.44. The van der Waals surface area contributed by atoms with E-state index in [2.05, 4.69) is 25.8 Å². The van der Waals surface area contributed by atoms with E-state index in [-0.39, 0.29) is 4.90 Å². The van der Waals surface area contributed by atoms with Crippen molar-refractivity contribution in [3.05, 3.63) is 75.0 Å². The Morgan fingerprint density at radius 3 is 2.30 bits per heavy atom.